The van der Waals surface area contributed by atoms with Crippen molar-refractivity contribution in [1.82, 2.24) is 4.98 Å². The number of aromatic nitrogens is 1. The first-order valence-electron chi connectivity index (χ1n) is 37.1. The summed E-state index contributed by atoms with van der Waals surface area (Å²) in [5.41, 5.74) is 12.4. The van der Waals surface area contributed by atoms with Gasteiger partial charge in [0.1, 0.15) is 6.10 Å². The first kappa shape index (κ1) is 85.3. The van der Waals surface area contributed by atoms with E-state index >= 15 is 0 Å². The maximum Gasteiger partial charge on any atom is 0.100 e. The lowest BCUT2D eigenvalue weighted by Crippen LogP contribution is -2.36. The fourth-order valence-corrected chi connectivity index (χ4v) is 14.5. The van der Waals surface area contributed by atoms with Crippen molar-refractivity contribution in [3.8, 4) is 0 Å². The highest BCUT2D eigenvalue weighted by molar-refractivity contribution is 7.09. The van der Waals surface area contributed by atoms with Crippen LogP contribution in [0.5, 0.6) is 0 Å². The quantitative estimate of drug-likeness (QED) is 0.0500. The summed E-state index contributed by atoms with van der Waals surface area (Å²) in [4.78, 5) is 4.39. The summed E-state index contributed by atoms with van der Waals surface area (Å²) in [6, 6.07) is 51.9. The van der Waals surface area contributed by atoms with E-state index in [1.807, 2.05) is 106 Å². The zero-order valence-corrected chi connectivity index (χ0v) is 65.2. The van der Waals surface area contributed by atoms with Gasteiger partial charge in [-0.15, -0.1) is 11.3 Å². The molecule has 4 nitrogen and oxygen atoms in total. The molecule has 97 heavy (non-hydrogen) atoms. The van der Waals surface area contributed by atoms with E-state index in [9.17, 15) is 15.3 Å². The highest BCUT2D eigenvalue weighted by atomic mass is 32.1. The average molecular weight is 1340 g/mol. The molecule has 0 saturated heterocycles. The number of hydrogen-bond acceptors (Lipinski definition) is 5. The number of nitrogens with zero attached hydrogens (tertiary/aromatic N) is 1. The van der Waals surface area contributed by atoms with Gasteiger partial charge in [-0.2, -0.15) is 0 Å². The molecule has 0 amide bonds. The van der Waals surface area contributed by atoms with E-state index in [0.29, 0.717) is 59.2 Å². The molecule has 0 aliphatic heterocycles. The molecule has 3 N–H and O–H groups in total. The maximum absolute atomic E-state index is 11.0. The topological polar surface area (TPSA) is 73.6 Å². The van der Waals surface area contributed by atoms with Crippen molar-refractivity contribution < 1.29 is 15.3 Å². The van der Waals surface area contributed by atoms with Gasteiger partial charge in [-0.25, -0.2) is 4.98 Å². The molecule has 2 aliphatic carbocycles. The molecule has 1 aromatic heterocycles. The third-order valence-electron chi connectivity index (χ3n) is 20.7. The molecule has 0 bridgehead atoms. The van der Waals surface area contributed by atoms with Crippen LogP contribution in [0.1, 0.15) is 258 Å². The molecule has 0 radical (unpaired) electrons. The molecule has 5 heteroatoms. The summed E-state index contributed by atoms with van der Waals surface area (Å²) in [5.74, 6) is 5.91. The third-order valence-corrected chi connectivity index (χ3v) is 21.5. The lowest BCUT2D eigenvalue weighted by Gasteiger charge is -2.38. The predicted octanol–water partition coefficient (Wildman–Crippen LogP) is 26.1. The molecular formula is C92H135NO3S. The Morgan fingerprint density at radius 3 is 1.23 bits per heavy atom. The summed E-state index contributed by atoms with van der Waals surface area (Å²) in [6.07, 6.45) is 13.5. The minimum absolute atomic E-state index is 0.0219. The minimum Gasteiger partial charge on any atom is -0.389 e. The van der Waals surface area contributed by atoms with Crippen LogP contribution in [-0.2, 0) is 6.42 Å². The van der Waals surface area contributed by atoms with Gasteiger partial charge in [0.2, 0.25) is 0 Å². The largest absolute Gasteiger partial charge is 0.389 e. The Bertz CT molecular complexity index is 3100. The van der Waals surface area contributed by atoms with Crippen LogP contribution >= 0.6 is 11.3 Å². The number of aliphatic hydroxyl groups excluding tert-OH is 1. The van der Waals surface area contributed by atoms with Crippen molar-refractivity contribution in [3.05, 3.63) is 269 Å². The van der Waals surface area contributed by atoms with Crippen LogP contribution in [-0.4, -0.2) is 31.5 Å². The van der Waals surface area contributed by atoms with Crippen LogP contribution in [0, 0.1) is 58.7 Å². The van der Waals surface area contributed by atoms with Crippen LogP contribution in [0.3, 0.4) is 0 Å². The van der Waals surface area contributed by atoms with Gasteiger partial charge in [0.05, 0.1) is 16.2 Å². The van der Waals surface area contributed by atoms with E-state index in [-0.39, 0.29) is 17.3 Å². The van der Waals surface area contributed by atoms with Crippen molar-refractivity contribution >= 4 is 11.3 Å². The maximum atomic E-state index is 11.0. The van der Waals surface area contributed by atoms with Gasteiger partial charge in [-0.05, 0) is 131 Å². The van der Waals surface area contributed by atoms with Gasteiger partial charge < -0.3 is 15.3 Å². The summed E-state index contributed by atoms with van der Waals surface area (Å²) < 4.78 is 0. The second-order valence-corrected chi connectivity index (χ2v) is 32.1. The molecule has 2 aliphatic rings. The van der Waals surface area contributed by atoms with E-state index in [0.717, 1.165) is 73.1 Å². The van der Waals surface area contributed by atoms with Gasteiger partial charge in [-0.1, -0.05) is 376 Å². The fraction of sp³-hybridized carbons (Fsp3) is 0.511. The Labute approximate surface area is 598 Å². The number of benzene rings is 5. The van der Waals surface area contributed by atoms with Crippen LogP contribution in [0.15, 0.2) is 236 Å². The zero-order valence-electron chi connectivity index (χ0n) is 64.4. The first-order valence-corrected chi connectivity index (χ1v) is 37.9. The summed E-state index contributed by atoms with van der Waals surface area (Å²) >= 11 is 1.74. The summed E-state index contributed by atoms with van der Waals surface area (Å²) in [6.45, 7) is 66.9. The normalized spacial score (nSPS) is 15.6. The monoisotopic (exact) mass is 1330 g/mol. The lowest BCUT2D eigenvalue weighted by atomic mass is 9.72. The van der Waals surface area contributed by atoms with E-state index in [1.54, 1.807) is 11.3 Å². The molecule has 6 aromatic rings. The standard InChI is InChI=1S/C17H24O.C17H26O.C17H24.C15H22.C14H23NS.C12H16O/c1-13(2)14(3)16(15-9-5-4-6-10-15)17(18)11-7-8-12-17;1-6-17(18,7-2)16(14(5)13(3)4)15-11-9-8-10-12-15;1-13(2)14(3)17(16-11-7-8-12-16)15-9-5-4-6-10-15;1-11(2)13(5)15(12(3)4)14-9-7-6-8-10-14;1-10(2)11(3)12(14(4,5)6)9-13-15-7-8-16-13;1-9(2)10(3)12(13)11-7-5-4-6-8-11/h4-6,9-10,13,16,18H,3,7-8,11-12H2,1-2H3;8-13,16,18H,5-7H2,1-4H3;4-6,9-10,13,16-17H,3,7-8,11-12H2,1-2H3;6-12,15H,5H2,1-4H3;7-8,10,12H,3,9H2,1-2,4-6H3;4-9,12-13H,3H2,1-2H3. The van der Waals surface area contributed by atoms with Crippen molar-refractivity contribution in [2.75, 3.05) is 0 Å². The molecule has 532 valence electrons. The number of aliphatic hydroxyl groups is 3. The Kier molecular flexibility index (Phi) is 37.1. The first-order chi connectivity index (χ1) is 45.7. The Morgan fingerprint density at radius 1 is 0.485 bits per heavy atom. The molecule has 6 atom stereocenters. The molecule has 1 heterocycles. The average Bonchev–Trinajstić information content (AvgIpc) is 1.79. The molecule has 0 spiro atoms. The smallest absolute Gasteiger partial charge is 0.100 e. The minimum atomic E-state index is -0.692. The van der Waals surface area contributed by atoms with E-state index in [1.165, 1.54) is 69.7 Å². The van der Waals surface area contributed by atoms with Crippen LogP contribution in [0.25, 0.3) is 0 Å². The third kappa shape index (κ3) is 26.9. The Hall–Kier alpha value is -5.95. The molecule has 5 aromatic carbocycles. The van der Waals surface area contributed by atoms with Gasteiger partial charge in [0.25, 0.3) is 0 Å². The molecule has 2 saturated carbocycles. The van der Waals surface area contributed by atoms with E-state index < -0.39 is 17.3 Å². The van der Waals surface area contributed by atoms with Crippen LogP contribution in [0.4, 0.5) is 0 Å². The SMILES string of the molecule is C=C(C(C)C)C(Cc1nccs1)C(C)(C)C.C=C(C(C)C)C(O)c1ccccc1.C=C(C(C)C)C(c1ccccc1)C(C)C.C=C(C(C)C)C(c1ccccc1)C(O)(CC)CC.C=C(C(C)C)C(c1ccccc1)C1(O)CCCC1.C=C(C(C)C)C(c1ccccc1)C1CCCC1. The Balaban J connectivity index is 0.000000304. The van der Waals surface area contributed by atoms with Gasteiger partial charge in [0, 0.05) is 41.7 Å². The number of rotatable bonds is 25. The van der Waals surface area contributed by atoms with Crippen molar-refractivity contribution in [3.63, 3.8) is 0 Å². The van der Waals surface area contributed by atoms with Crippen molar-refractivity contribution in [1.29, 1.82) is 0 Å². The molecular weight excluding hydrogens is 1200 g/mol. The van der Waals surface area contributed by atoms with Crippen molar-refractivity contribution in [2.24, 2.45) is 58.7 Å². The second-order valence-electron chi connectivity index (χ2n) is 31.1. The van der Waals surface area contributed by atoms with Gasteiger partial charge in [0.15, 0.2) is 0 Å². The predicted molar refractivity (Wildman–Crippen MR) is 427 cm³/mol. The van der Waals surface area contributed by atoms with Crippen LogP contribution in [0.2, 0.25) is 0 Å². The Morgan fingerprint density at radius 2 is 0.866 bits per heavy atom. The molecule has 2 fully saturated rings. The van der Waals surface area contributed by atoms with E-state index in [2.05, 4.69) is 233 Å². The number of hydrogen-bond donors (Lipinski definition) is 3. The highest BCUT2D eigenvalue weighted by Crippen LogP contribution is 2.48. The number of thiazole rings is 1. The summed E-state index contributed by atoms with van der Waals surface area (Å²) in [5, 5.41) is 35.0. The zero-order chi connectivity index (χ0) is 72.8. The summed E-state index contributed by atoms with van der Waals surface area (Å²) in [7, 11) is 0. The fourth-order valence-electron chi connectivity index (χ4n) is 13.9. The number of allylic oxidation sites excluding steroid dienone is 3. The molecule has 8 rings (SSSR count). The lowest BCUT2D eigenvalue weighted by molar-refractivity contribution is 0.0126. The van der Waals surface area contributed by atoms with E-state index in [4.69, 9.17) is 0 Å². The molecule has 6 unspecified atom stereocenters. The van der Waals surface area contributed by atoms with Gasteiger partial charge in [-0.3, -0.25) is 0 Å². The highest BCUT2D eigenvalue weighted by Gasteiger charge is 2.42. The van der Waals surface area contributed by atoms with Crippen LogP contribution < -0.4 is 0 Å². The second kappa shape index (κ2) is 42.2. The van der Waals surface area contributed by atoms with Gasteiger partial charge >= 0.3 is 0 Å². The van der Waals surface area contributed by atoms with Crippen molar-refractivity contribution in [2.45, 2.75) is 243 Å².